The van der Waals surface area contributed by atoms with Gasteiger partial charge < -0.3 is 19.1 Å². The topological polar surface area (TPSA) is 43.8 Å². The van der Waals surface area contributed by atoms with Crippen molar-refractivity contribution in [3.05, 3.63) is 30.0 Å². The van der Waals surface area contributed by atoms with Crippen molar-refractivity contribution < 1.29 is 14.2 Å². The standard InChI is InChI=1S/C21H28N2O3/c1-15-13-19(18-6-3-7-20(24-2)21(18)22-15)23-10-8-16(9-11-23)26-14-17-5-4-12-25-17/h3,6-7,13,16-17H,4-5,8-12,14H2,1-2H3. The quantitative estimate of drug-likeness (QED) is 0.817. The highest BCUT2D eigenvalue weighted by Crippen LogP contribution is 2.33. The number of aryl methyl sites for hydroxylation is 1. The van der Waals surface area contributed by atoms with Gasteiger partial charge in [0, 0.05) is 36.5 Å². The van der Waals surface area contributed by atoms with Crippen molar-refractivity contribution in [2.45, 2.75) is 44.8 Å². The van der Waals surface area contributed by atoms with Crippen LogP contribution in [0, 0.1) is 6.92 Å². The van der Waals surface area contributed by atoms with Crippen molar-refractivity contribution in [2.75, 3.05) is 38.3 Å². The highest BCUT2D eigenvalue weighted by atomic mass is 16.5. The molecule has 0 spiro atoms. The zero-order chi connectivity index (χ0) is 17.9. The molecule has 5 heteroatoms. The van der Waals surface area contributed by atoms with Gasteiger partial charge in [-0.25, -0.2) is 4.98 Å². The third-order valence-electron chi connectivity index (χ3n) is 5.45. The molecule has 0 saturated carbocycles. The summed E-state index contributed by atoms with van der Waals surface area (Å²) in [6, 6.07) is 8.35. The maximum atomic E-state index is 6.11. The minimum absolute atomic E-state index is 0.312. The van der Waals surface area contributed by atoms with Crippen LogP contribution in [0.5, 0.6) is 5.75 Å². The maximum Gasteiger partial charge on any atom is 0.145 e. The highest BCUT2D eigenvalue weighted by molar-refractivity contribution is 5.95. The molecule has 26 heavy (non-hydrogen) atoms. The van der Waals surface area contributed by atoms with E-state index in [-0.39, 0.29) is 0 Å². The van der Waals surface area contributed by atoms with Crippen LogP contribution < -0.4 is 9.64 Å². The van der Waals surface area contributed by atoms with Crippen molar-refractivity contribution in [3.8, 4) is 5.75 Å². The Hall–Kier alpha value is -1.85. The van der Waals surface area contributed by atoms with Crippen LogP contribution in [-0.2, 0) is 9.47 Å². The number of aromatic nitrogens is 1. The molecule has 0 N–H and O–H groups in total. The number of pyridine rings is 1. The van der Waals surface area contributed by atoms with Crippen molar-refractivity contribution >= 4 is 16.6 Å². The van der Waals surface area contributed by atoms with E-state index in [9.17, 15) is 0 Å². The van der Waals surface area contributed by atoms with Gasteiger partial charge in [-0.3, -0.25) is 0 Å². The number of piperidine rings is 1. The van der Waals surface area contributed by atoms with Crippen LogP contribution in [0.2, 0.25) is 0 Å². The molecule has 0 radical (unpaired) electrons. The number of para-hydroxylation sites is 1. The Labute approximate surface area is 155 Å². The molecule has 2 fully saturated rings. The fourth-order valence-corrected chi connectivity index (χ4v) is 4.04. The number of rotatable bonds is 5. The number of nitrogens with zero attached hydrogens (tertiary/aromatic N) is 2. The Bertz CT molecular complexity index is 750. The fourth-order valence-electron chi connectivity index (χ4n) is 4.04. The van der Waals surface area contributed by atoms with Gasteiger partial charge in [-0.15, -0.1) is 0 Å². The Kier molecular flexibility index (Phi) is 5.27. The molecule has 4 rings (SSSR count). The summed E-state index contributed by atoms with van der Waals surface area (Å²) < 4.78 is 17.3. The number of benzene rings is 1. The second-order valence-corrected chi connectivity index (χ2v) is 7.29. The van der Waals surface area contributed by atoms with Gasteiger partial charge in [0.15, 0.2) is 0 Å². The van der Waals surface area contributed by atoms with E-state index in [4.69, 9.17) is 19.2 Å². The average molecular weight is 356 g/mol. The number of methoxy groups -OCH3 is 1. The maximum absolute atomic E-state index is 6.11. The van der Waals surface area contributed by atoms with Crippen LogP contribution in [0.3, 0.4) is 0 Å². The predicted molar refractivity (Wildman–Crippen MR) is 103 cm³/mol. The molecule has 2 aliphatic rings. The molecule has 1 aromatic carbocycles. The SMILES string of the molecule is COc1cccc2c(N3CCC(OCC4CCCO4)CC3)cc(C)nc12. The van der Waals surface area contributed by atoms with E-state index in [0.29, 0.717) is 12.2 Å². The van der Waals surface area contributed by atoms with Gasteiger partial charge in [-0.05, 0) is 44.7 Å². The monoisotopic (exact) mass is 356 g/mol. The summed E-state index contributed by atoms with van der Waals surface area (Å²) >= 11 is 0. The molecule has 2 aliphatic heterocycles. The average Bonchev–Trinajstić information content (AvgIpc) is 3.19. The van der Waals surface area contributed by atoms with Gasteiger partial charge in [0.1, 0.15) is 11.3 Å². The van der Waals surface area contributed by atoms with Gasteiger partial charge in [0.05, 0.1) is 25.9 Å². The lowest BCUT2D eigenvalue weighted by molar-refractivity contribution is -0.0280. The molecule has 2 saturated heterocycles. The minimum atomic E-state index is 0.312. The second-order valence-electron chi connectivity index (χ2n) is 7.29. The van der Waals surface area contributed by atoms with E-state index in [1.807, 2.05) is 19.1 Å². The summed E-state index contributed by atoms with van der Waals surface area (Å²) in [5.74, 6) is 0.835. The zero-order valence-electron chi connectivity index (χ0n) is 15.7. The Morgan fingerprint density at radius 2 is 2.08 bits per heavy atom. The second kappa shape index (κ2) is 7.80. The molecular formula is C21H28N2O3. The number of ether oxygens (including phenoxy) is 3. The highest BCUT2D eigenvalue weighted by Gasteiger charge is 2.24. The van der Waals surface area contributed by atoms with E-state index in [0.717, 1.165) is 67.9 Å². The van der Waals surface area contributed by atoms with Crippen LogP contribution in [0.4, 0.5) is 5.69 Å². The molecule has 2 aromatic rings. The number of hydrogen-bond acceptors (Lipinski definition) is 5. The van der Waals surface area contributed by atoms with E-state index in [1.165, 1.54) is 12.1 Å². The van der Waals surface area contributed by atoms with Gasteiger partial charge in [-0.2, -0.15) is 0 Å². The van der Waals surface area contributed by atoms with Crippen LogP contribution in [-0.4, -0.2) is 50.6 Å². The Balaban J connectivity index is 1.45. The van der Waals surface area contributed by atoms with E-state index in [1.54, 1.807) is 7.11 Å². The number of fused-ring (bicyclic) bond motifs is 1. The first-order chi connectivity index (χ1) is 12.7. The summed E-state index contributed by atoms with van der Waals surface area (Å²) in [4.78, 5) is 7.16. The normalized spacial score (nSPS) is 21.5. The van der Waals surface area contributed by atoms with E-state index >= 15 is 0 Å². The molecule has 1 unspecified atom stereocenters. The summed E-state index contributed by atoms with van der Waals surface area (Å²) in [5, 5.41) is 1.16. The number of anilines is 1. The lowest BCUT2D eigenvalue weighted by Crippen LogP contribution is -2.38. The Morgan fingerprint density at radius 1 is 1.23 bits per heavy atom. The summed E-state index contributed by atoms with van der Waals surface area (Å²) in [6.07, 6.45) is 5.08. The molecular weight excluding hydrogens is 328 g/mol. The van der Waals surface area contributed by atoms with Crippen molar-refractivity contribution in [3.63, 3.8) is 0 Å². The van der Waals surface area contributed by atoms with Crippen LogP contribution >= 0.6 is 0 Å². The van der Waals surface area contributed by atoms with E-state index in [2.05, 4.69) is 17.0 Å². The molecule has 1 aromatic heterocycles. The first-order valence-electron chi connectivity index (χ1n) is 9.67. The Morgan fingerprint density at radius 3 is 2.81 bits per heavy atom. The van der Waals surface area contributed by atoms with Crippen LogP contribution in [0.25, 0.3) is 10.9 Å². The first-order valence-corrected chi connectivity index (χ1v) is 9.67. The molecule has 3 heterocycles. The minimum Gasteiger partial charge on any atom is -0.494 e. The fraction of sp³-hybridized carbons (Fsp3) is 0.571. The zero-order valence-corrected chi connectivity index (χ0v) is 15.7. The molecule has 140 valence electrons. The smallest absolute Gasteiger partial charge is 0.145 e. The van der Waals surface area contributed by atoms with Crippen LogP contribution in [0.1, 0.15) is 31.4 Å². The predicted octanol–water partition coefficient (Wildman–Crippen LogP) is 3.72. The molecule has 5 nitrogen and oxygen atoms in total. The first kappa shape index (κ1) is 17.6. The molecule has 0 aliphatic carbocycles. The molecule has 1 atom stereocenters. The van der Waals surface area contributed by atoms with Gasteiger partial charge >= 0.3 is 0 Å². The van der Waals surface area contributed by atoms with Gasteiger partial charge in [0.25, 0.3) is 0 Å². The van der Waals surface area contributed by atoms with Gasteiger partial charge in [0.2, 0.25) is 0 Å². The molecule has 0 amide bonds. The molecule has 0 bridgehead atoms. The van der Waals surface area contributed by atoms with Gasteiger partial charge in [-0.1, -0.05) is 12.1 Å². The van der Waals surface area contributed by atoms with Crippen molar-refractivity contribution in [1.29, 1.82) is 0 Å². The largest absolute Gasteiger partial charge is 0.494 e. The van der Waals surface area contributed by atoms with E-state index < -0.39 is 0 Å². The van der Waals surface area contributed by atoms with Crippen molar-refractivity contribution in [2.24, 2.45) is 0 Å². The lowest BCUT2D eigenvalue weighted by atomic mass is 10.0. The third-order valence-corrected chi connectivity index (χ3v) is 5.45. The number of hydrogen-bond donors (Lipinski definition) is 0. The summed E-state index contributed by atoms with van der Waals surface area (Å²) in [5.41, 5.74) is 3.22. The third kappa shape index (κ3) is 3.64. The summed E-state index contributed by atoms with van der Waals surface area (Å²) in [6.45, 7) is 5.70. The summed E-state index contributed by atoms with van der Waals surface area (Å²) in [7, 11) is 1.70. The lowest BCUT2D eigenvalue weighted by Gasteiger charge is -2.34. The van der Waals surface area contributed by atoms with Crippen molar-refractivity contribution in [1.82, 2.24) is 4.98 Å². The van der Waals surface area contributed by atoms with Crippen LogP contribution in [0.15, 0.2) is 24.3 Å².